The normalized spacial score (nSPS) is 12.7. The highest BCUT2D eigenvalue weighted by Crippen LogP contribution is 2.29. The van der Waals surface area contributed by atoms with Crippen molar-refractivity contribution in [1.29, 1.82) is 0 Å². The first-order chi connectivity index (χ1) is 8.11. The van der Waals surface area contributed by atoms with E-state index in [0.29, 0.717) is 11.3 Å². The largest absolute Gasteiger partial charge is 0.466 e. The Kier molecular flexibility index (Phi) is 3.59. The predicted octanol–water partition coefficient (Wildman–Crippen LogP) is 3.63. The van der Waals surface area contributed by atoms with Crippen LogP contribution in [-0.2, 0) is 0 Å². The molecule has 17 heavy (non-hydrogen) atoms. The molecule has 1 aromatic carbocycles. The number of hydrogen-bond acceptors (Lipinski definition) is 2. The SMILES string of the molecule is CNC(c1cc(F)cc(F)c1)c1occc1Br. The number of benzene rings is 1. The van der Waals surface area contributed by atoms with Gasteiger partial charge in [-0.3, -0.25) is 0 Å². The molecule has 0 fully saturated rings. The molecule has 0 aliphatic carbocycles. The zero-order chi connectivity index (χ0) is 12.4. The van der Waals surface area contributed by atoms with Crippen LogP contribution in [0.25, 0.3) is 0 Å². The van der Waals surface area contributed by atoms with Gasteiger partial charge in [0.15, 0.2) is 0 Å². The van der Waals surface area contributed by atoms with Crippen molar-refractivity contribution >= 4 is 15.9 Å². The molecule has 0 saturated carbocycles. The fourth-order valence-corrected chi connectivity index (χ4v) is 2.13. The summed E-state index contributed by atoms with van der Waals surface area (Å²) < 4.78 is 32.4. The molecule has 0 aliphatic rings. The van der Waals surface area contributed by atoms with E-state index in [2.05, 4.69) is 21.2 Å². The lowest BCUT2D eigenvalue weighted by Crippen LogP contribution is -2.17. The van der Waals surface area contributed by atoms with E-state index in [9.17, 15) is 8.78 Å². The maximum Gasteiger partial charge on any atom is 0.139 e. The van der Waals surface area contributed by atoms with E-state index in [0.717, 1.165) is 10.5 Å². The van der Waals surface area contributed by atoms with Gasteiger partial charge in [-0.1, -0.05) is 0 Å². The first kappa shape index (κ1) is 12.3. The number of nitrogens with one attached hydrogen (secondary N) is 1. The van der Waals surface area contributed by atoms with Gasteiger partial charge < -0.3 is 9.73 Å². The smallest absolute Gasteiger partial charge is 0.139 e. The Bertz CT molecular complexity index is 507. The zero-order valence-corrected chi connectivity index (χ0v) is 10.6. The van der Waals surface area contributed by atoms with E-state index in [1.165, 1.54) is 18.4 Å². The van der Waals surface area contributed by atoms with Gasteiger partial charge in [-0.05, 0) is 46.7 Å². The Balaban J connectivity index is 2.45. The van der Waals surface area contributed by atoms with Crippen molar-refractivity contribution in [2.24, 2.45) is 0 Å². The summed E-state index contributed by atoms with van der Waals surface area (Å²) in [4.78, 5) is 0. The van der Waals surface area contributed by atoms with Crippen LogP contribution in [-0.4, -0.2) is 7.05 Å². The molecule has 2 aromatic rings. The molecule has 0 spiro atoms. The molecule has 1 unspecified atom stereocenters. The predicted molar refractivity (Wildman–Crippen MR) is 63.7 cm³/mol. The van der Waals surface area contributed by atoms with Crippen LogP contribution in [0.1, 0.15) is 17.4 Å². The second-order valence-corrected chi connectivity index (χ2v) is 4.41. The Hall–Kier alpha value is -1.20. The molecule has 90 valence electrons. The Labute approximate surface area is 106 Å². The summed E-state index contributed by atoms with van der Waals surface area (Å²) in [6, 6.07) is 4.73. The van der Waals surface area contributed by atoms with Crippen LogP contribution in [0.2, 0.25) is 0 Å². The summed E-state index contributed by atoms with van der Waals surface area (Å²) in [7, 11) is 1.70. The molecule has 1 aromatic heterocycles. The quantitative estimate of drug-likeness (QED) is 0.936. The first-order valence-electron chi connectivity index (χ1n) is 4.98. The van der Waals surface area contributed by atoms with Gasteiger partial charge in [0.25, 0.3) is 0 Å². The maximum absolute atomic E-state index is 13.2. The lowest BCUT2D eigenvalue weighted by molar-refractivity contribution is 0.458. The lowest BCUT2D eigenvalue weighted by atomic mass is 10.0. The fraction of sp³-hybridized carbons (Fsp3) is 0.167. The molecule has 5 heteroatoms. The van der Waals surface area contributed by atoms with E-state index in [-0.39, 0.29) is 0 Å². The molecule has 2 rings (SSSR count). The van der Waals surface area contributed by atoms with Gasteiger partial charge >= 0.3 is 0 Å². The summed E-state index contributed by atoms with van der Waals surface area (Å²) in [5.74, 6) is -0.636. The van der Waals surface area contributed by atoms with Gasteiger partial charge in [0.05, 0.1) is 16.8 Å². The molecule has 0 radical (unpaired) electrons. The molecular formula is C12H10BrF2NO. The van der Waals surface area contributed by atoms with Crippen molar-refractivity contribution in [2.75, 3.05) is 7.05 Å². The molecule has 1 atom stereocenters. The summed E-state index contributed by atoms with van der Waals surface area (Å²) >= 11 is 3.32. The van der Waals surface area contributed by atoms with Crippen molar-refractivity contribution in [2.45, 2.75) is 6.04 Å². The molecule has 1 N–H and O–H groups in total. The van der Waals surface area contributed by atoms with Crippen LogP contribution >= 0.6 is 15.9 Å². The van der Waals surface area contributed by atoms with E-state index in [4.69, 9.17) is 4.42 Å². The molecule has 0 saturated heterocycles. The number of hydrogen-bond donors (Lipinski definition) is 1. The Morgan fingerprint density at radius 3 is 2.35 bits per heavy atom. The van der Waals surface area contributed by atoms with Crippen molar-refractivity contribution in [3.8, 4) is 0 Å². The van der Waals surface area contributed by atoms with Crippen LogP contribution in [0.4, 0.5) is 8.78 Å². The third kappa shape index (κ3) is 2.56. The number of rotatable bonds is 3. The third-order valence-electron chi connectivity index (χ3n) is 2.41. The summed E-state index contributed by atoms with van der Waals surface area (Å²) in [6.45, 7) is 0. The van der Waals surface area contributed by atoms with Crippen molar-refractivity contribution in [3.05, 3.63) is 58.0 Å². The lowest BCUT2D eigenvalue weighted by Gasteiger charge is -2.15. The monoisotopic (exact) mass is 301 g/mol. The van der Waals surface area contributed by atoms with Crippen molar-refractivity contribution < 1.29 is 13.2 Å². The van der Waals surface area contributed by atoms with Crippen LogP contribution in [0.5, 0.6) is 0 Å². The molecular weight excluding hydrogens is 292 g/mol. The van der Waals surface area contributed by atoms with Gasteiger partial charge in [0.2, 0.25) is 0 Å². The average molecular weight is 302 g/mol. The minimum Gasteiger partial charge on any atom is -0.466 e. The van der Waals surface area contributed by atoms with E-state index < -0.39 is 17.7 Å². The standard InChI is InChI=1S/C12H10BrF2NO/c1-16-11(12-10(13)2-3-17-12)7-4-8(14)6-9(15)5-7/h2-6,11,16H,1H3. The highest BCUT2D eigenvalue weighted by Gasteiger charge is 2.19. The molecule has 0 bridgehead atoms. The second-order valence-electron chi connectivity index (χ2n) is 3.56. The highest BCUT2D eigenvalue weighted by molar-refractivity contribution is 9.10. The van der Waals surface area contributed by atoms with Crippen molar-refractivity contribution in [3.63, 3.8) is 0 Å². The van der Waals surface area contributed by atoms with Crippen LogP contribution < -0.4 is 5.32 Å². The van der Waals surface area contributed by atoms with E-state index in [1.54, 1.807) is 13.1 Å². The molecule has 1 heterocycles. The molecule has 0 aliphatic heterocycles. The minimum atomic E-state index is -0.608. The summed E-state index contributed by atoms with van der Waals surface area (Å²) in [6.07, 6.45) is 1.51. The number of halogens is 3. The fourth-order valence-electron chi connectivity index (χ4n) is 1.70. The molecule has 0 amide bonds. The van der Waals surface area contributed by atoms with Gasteiger partial charge in [0.1, 0.15) is 17.4 Å². The first-order valence-corrected chi connectivity index (χ1v) is 5.77. The van der Waals surface area contributed by atoms with E-state index >= 15 is 0 Å². The summed E-state index contributed by atoms with van der Waals surface area (Å²) in [5.41, 5.74) is 0.473. The third-order valence-corrected chi connectivity index (χ3v) is 3.07. The second kappa shape index (κ2) is 4.98. The zero-order valence-electron chi connectivity index (χ0n) is 9.01. The summed E-state index contributed by atoms with van der Waals surface area (Å²) in [5, 5.41) is 2.96. The number of furan rings is 1. The Morgan fingerprint density at radius 2 is 1.88 bits per heavy atom. The maximum atomic E-state index is 13.2. The van der Waals surface area contributed by atoms with Crippen LogP contribution in [0.15, 0.2) is 39.4 Å². The van der Waals surface area contributed by atoms with E-state index in [1.807, 2.05) is 0 Å². The minimum absolute atomic E-state index is 0.399. The topological polar surface area (TPSA) is 25.2 Å². The highest BCUT2D eigenvalue weighted by atomic mass is 79.9. The average Bonchev–Trinajstić information content (AvgIpc) is 2.65. The van der Waals surface area contributed by atoms with Crippen LogP contribution in [0, 0.1) is 11.6 Å². The van der Waals surface area contributed by atoms with Crippen molar-refractivity contribution in [1.82, 2.24) is 5.32 Å². The Morgan fingerprint density at radius 1 is 1.24 bits per heavy atom. The van der Waals surface area contributed by atoms with Gasteiger partial charge in [-0.15, -0.1) is 0 Å². The van der Waals surface area contributed by atoms with Gasteiger partial charge in [-0.2, -0.15) is 0 Å². The van der Waals surface area contributed by atoms with Gasteiger partial charge in [0, 0.05) is 6.07 Å². The van der Waals surface area contributed by atoms with Gasteiger partial charge in [-0.25, -0.2) is 8.78 Å². The molecule has 2 nitrogen and oxygen atoms in total. The van der Waals surface area contributed by atoms with Crippen LogP contribution in [0.3, 0.4) is 0 Å².